The number of fused-ring (bicyclic) bond motifs is 5. The number of rotatable bonds is 1. The molecule has 0 N–H and O–H groups in total. The summed E-state index contributed by atoms with van der Waals surface area (Å²) in [5.74, 6) is 0. The number of benzene rings is 4. The summed E-state index contributed by atoms with van der Waals surface area (Å²) < 4.78 is 2.36. The highest BCUT2D eigenvalue weighted by Crippen LogP contribution is 2.54. The number of pyridine rings is 1. The van der Waals surface area contributed by atoms with Crippen LogP contribution in [0.15, 0.2) is 64.5 Å². The Labute approximate surface area is 220 Å². The SMILES string of the molecule is Cc1ccc2c(C(C)(C)C)c3c(c(C)c2c1)-c1c2c(cc4c([Si](C)(C)C)cccc4c2cc[n+]1C)S3. The summed E-state index contributed by atoms with van der Waals surface area (Å²) in [6.45, 7) is 19.1. The van der Waals surface area contributed by atoms with Crippen LogP contribution >= 0.6 is 11.8 Å². The predicted octanol–water partition coefficient (Wildman–Crippen LogP) is 8.56. The summed E-state index contributed by atoms with van der Waals surface area (Å²) in [6, 6.07) is 18.9. The smallest absolute Gasteiger partial charge is 0.200 e. The molecule has 0 bridgehead atoms. The Bertz CT molecular complexity index is 1750. The lowest BCUT2D eigenvalue weighted by Gasteiger charge is -2.31. The van der Waals surface area contributed by atoms with Crippen molar-refractivity contribution in [1.82, 2.24) is 0 Å². The lowest BCUT2D eigenvalue weighted by molar-refractivity contribution is -0.659. The quantitative estimate of drug-likeness (QED) is 0.123. The van der Waals surface area contributed by atoms with Crippen LogP contribution in [0.25, 0.3) is 43.6 Å². The van der Waals surface area contributed by atoms with Crippen LogP contribution in [0.2, 0.25) is 19.6 Å². The Morgan fingerprint density at radius 3 is 2.25 bits per heavy atom. The lowest BCUT2D eigenvalue weighted by atomic mass is 9.79. The third-order valence-corrected chi connectivity index (χ3v) is 11.1. The summed E-state index contributed by atoms with van der Waals surface area (Å²) in [5, 5.41) is 9.98. The van der Waals surface area contributed by atoms with Crippen LogP contribution in [-0.2, 0) is 12.5 Å². The van der Waals surface area contributed by atoms with Gasteiger partial charge in [0.25, 0.3) is 0 Å². The van der Waals surface area contributed by atoms with Gasteiger partial charge in [0.05, 0.1) is 19.0 Å². The van der Waals surface area contributed by atoms with E-state index in [9.17, 15) is 0 Å². The average Bonchev–Trinajstić information content (AvgIpc) is 2.79. The van der Waals surface area contributed by atoms with E-state index in [1.54, 1.807) is 5.19 Å². The zero-order chi connectivity index (χ0) is 25.7. The van der Waals surface area contributed by atoms with Crippen molar-refractivity contribution in [3.05, 3.63) is 71.4 Å². The number of nitrogens with zero attached hydrogens (tertiary/aromatic N) is 1. The maximum absolute atomic E-state index is 2.52. The van der Waals surface area contributed by atoms with Crippen LogP contribution in [0.3, 0.4) is 0 Å². The molecule has 3 heteroatoms. The maximum atomic E-state index is 2.52. The van der Waals surface area contributed by atoms with E-state index in [0.29, 0.717) is 0 Å². The van der Waals surface area contributed by atoms with Gasteiger partial charge in [-0.2, -0.15) is 0 Å². The third kappa shape index (κ3) is 3.32. The predicted molar refractivity (Wildman–Crippen MR) is 161 cm³/mol. The number of aryl methyl sites for hydroxylation is 3. The Morgan fingerprint density at radius 2 is 1.56 bits per heavy atom. The first-order chi connectivity index (χ1) is 16.9. The monoisotopic (exact) mass is 506 g/mol. The van der Waals surface area contributed by atoms with Crippen LogP contribution in [0.1, 0.15) is 37.5 Å². The summed E-state index contributed by atoms with van der Waals surface area (Å²) in [6.07, 6.45) is 2.28. The molecule has 6 rings (SSSR count). The second-order valence-electron chi connectivity index (χ2n) is 12.7. The van der Waals surface area contributed by atoms with Gasteiger partial charge in [-0.1, -0.05) is 99.3 Å². The van der Waals surface area contributed by atoms with Crippen LogP contribution in [-0.4, -0.2) is 8.07 Å². The van der Waals surface area contributed by atoms with Gasteiger partial charge in [0, 0.05) is 21.2 Å². The molecule has 1 aliphatic rings. The molecule has 0 saturated carbocycles. The minimum absolute atomic E-state index is 0.0304. The van der Waals surface area contributed by atoms with Crippen LogP contribution < -0.4 is 9.75 Å². The molecule has 2 heterocycles. The normalized spacial score (nSPS) is 13.6. The van der Waals surface area contributed by atoms with Gasteiger partial charge in [0.1, 0.15) is 7.05 Å². The van der Waals surface area contributed by atoms with E-state index in [1.165, 1.54) is 70.1 Å². The second-order valence-corrected chi connectivity index (χ2v) is 18.8. The van der Waals surface area contributed by atoms with Gasteiger partial charge in [-0.05, 0) is 58.0 Å². The summed E-state index contributed by atoms with van der Waals surface area (Å²) in [7, 11) is 0.715. The van der Waals surface area contributed by atoms with Crippen molar-refractivity contribution in [2.45, 2.75) is 69.5 Å². The van der Waals surface area contributed by atoms with Crippen LogP contribution in [0, 0.1) is 13.8 Å². The highest BCUT2D eigenvalue weighted by molar-refractivity contribution is 8.00. The van der Waals surface area contributed by atoms with Crippen molar-refractivity contribution in [2.75, 3.05) is 0 Å². The molecule has 5 aromatic rings. The van der Waals surface area contributed by atoms with Gasteiger partial charge >= 0.3 is 0 Å². The first kappa shape index (κ1) is 23.8. The number of aromatic nitrogens is 1. The Morgan fingerprint density at radius 1 is 0.806 bits per heavy atom. The topological polar surface area (TPSA) is 3.88 Å². The van der Waals surface area contributed by atoms with E-state index in [1.807, 2.05) is 11.8 Å². The summed E-state index contributed by atoms with van der Waals surface area (Å²) in [5.41, 5.74) is 7.01. The van der Waals surface area contributed by atoms with Crippen molar-refractivity contribution >= 4 is 57.3 Å². The molecule has 0 fully saturated rings. The number of hydrogen-bond donors (Lipinski definition) is 0. The molecule has 0 radical (unpaired) electrons. The highest BCUT2D eigenvalue weighted by atomic mass is 32.2. The fraction of sp³-hybridized carbons (Fsp3) is 0.303. The molecule has 36 heavy (non-hydrogen) atoms. The van der Waals surface area contributed by atoms with Gasteiger partial charge in [-0.25, -0.2) is 4.57 Å². The molecular formula is C33H36NSSi+. The molecule has 0 spiro atoms. The zero-order valence-electron chi connectivity index (χ0n) is 23.1. The molecule has 0 amide bonds. The van der Waals surface area contributed by atoms with Crippen LogP contribution in [0.4, 0.5) is 0 Å². The van der Waals surface area contributed by atoms with E-state index in [4.69, 9.17) is 0 Å². The molecule has 4 aromatic carbocycles. The fourth-order valence-electron chi connectivity index (χ4n) is 6.30. The fourth-order valence-corrected chi connectivity index (χ4v) is 9.48. The van der Waals surface area contributed by atoms with Crippen molar-refractivity contribution < 1.29 is 4.57 Å². The summed E-state index contributed by atoms with van der Waals surface area (Å²) in [4.78, 5) is 2.84. The first-order valence-corrected chi connectivity index (χ1v) is 17.3. The van der Waals surface area contributed by atoms with E-state index in [0.717, 1.165) is 0 Å². The molecule has 1 aromatic heterocycles. The van der Waals surface area contributed by atoms with E-state index >= 15 is 0 Å². The Balaban J connectivity index is 1.85. The minimum atomic E-state index is -1.50. The van der Waals surface area contributed by atoms with Crippen molar-refractivity contribution in [1.29, 1.82) is 0 Å². The maximum Gasteiger partial charge on any atom is 0.222 e. The number of hydrogen-bond acceptors (Lipinski definition) is 1. The van der Waals surface area contributed by atoms with E-state index in [-0.39, 0.29) is 5.41 Å². The molecule has 0 aliphatic carbocycles. The highest BCUT2D eigenvalue weighted by Gasteiger charge is 2.35. The van der Waals surface area contributed by atoms with Crippen molar-refractivity contribution in [2.24, 2.45) is 7.05 Å². The average molecular weight is 507 g/mol. The molecule has 1 aliphatic heterocycles. The lowest BCUT2D eigenvalue weighted by Crippen LogP contribution is -2.38. The van der Waals surface area contributed by atoms with E-state index in [2.05, 4.69) is 121 Å². The third-order valence-electron chi connectivity index (χ3n) is 7.93. The molecule has 0 unspecified atom stereocenters. The Kier molecular flexibility index (Phi) is 5.08. The minimum Gasteiger partial charge on any atom is -0.200 e. The van der Waals surface area contributed by atoms with Gasteiger partial charge < -0.3 is 0 Å². The van der Waals surface area contributed by atoms with Gasteiger partial charge in [-0.3, -0.25) is 0 Å². The largest absolute Gasteiger partial charge is 0.222 e. The molecule has 1 nitrogen and oxygen atoms in total. The van der Waals surface area contributed by atoms with E-state index < -0.39 is 8.07 Å². The zero-order valence-corrected chi connectivity index (χ0v) is 24.9. The van der Waals surface area contributed by atoms with Crippen molar-refractivity contribution in [3.63, 3.8) is 0 Å². The first-order valence-electron chi connectivity index (χ1n) is 13.0. The molecular weight excluding hydrogens is 471 g/mol. The summed E-state index contributed by atoms with van der Waals surface area (Å²) >= 11 is 2.01. The molecule has 0 atom stereocenters. The van der Waals surface area contributed by atoms with Crippen molar-refractivity contribution in [3.8, 4) is 11.3 Å². The molecule has 0 saturated heterocycles. The van der Waals surface area contributed by atoms with Gasteiger partial charge in [0.2, 0.25) is 5.69 Å². The second kappa shape index (κ2) is 7.69. The standard InChI is InChI=1S/C33H36NSSi/c1-19-13-14-23-24(17-19)20(2)28-31-29-22(15-16-34(31)6)21-11-10-12-27(36(7,8)9)25(21)18-26(29)35-32(28)30(23)33(3,4)5/h10-18H,1-9H3/q+1. The van der Waals surface area contributed by atoms with Crippen LogP contribution in [0.5, 0.6) is 0 Å². The van der Waals surface area contributed by atoms with Gasteiger partial charge in [0.15, 0.2) is 6.20 Å². The van der Waals surface area contributed by atoms with Gasteiger partial charge in [-0.15, -0.1) is 0 Å². The Hall–Kier alpha value is -2.62. The molecule has 182 valence electrons.